The van der Waals surface area contributed by atoms with Gasteiger partial charge in [-0.05, 0) is 19.1 Å². The van der Waals surface area contributed by atoms with E-state index in [9.17, 15) is 4.79 Å². The number of rotatable bonds is 6. The fourth-order valence-electron chi connectivity index (χ4n) is 2.60. The second-order valence-electron chi connectivity index (χ2n) is 5.39. The number of para-hydroxylation sites is 1. The molecule has 8 heteroatoms. The number of esters is 1. The van der Waals surface area contributed by atoms with Gasteiger partial charge in [0.2, 0.25) is 0 Å². The molecule has 26 heavy (non-hydrogen) atoms. The number of furan rings is 1. The summed E-state index contributed by atoms with van der Waals surface area (Å²) in [6, 6.07) is 9.49. The molecule has 4 rings (SSSR count). The summed E-state index contributed by atoms with van der Waals surface area (Å²) in [4.78, 5) is 15.1. The van der Waals surface area contributed by atoms with Gasteiger partial charge in [-0.2, -0.15) is 0 Å². The van der Waals surface area contributed by atoms with Gasteiger partial charge in [0.1, 0.15) is 11.3 Å². The molecule has 0 aliphatic rings. The molecule has 0 amide bonds. The maximum atomic E-state index is 11.9. The van der Waals surface area contributed by atoms with Gasteiger partial charge in [-0.3, -0.25) is 0 Å². The second-order valence-corrected chi connectivity index (χ2v) is 6.31. The molecule has 0 radical (unpaired) electrons. The van der Waals surface area contributed by atoms with Crippen LogP contribution < -0.4 is 0 Å². The van der Waals surface area contributed by atoms with Crippen LogP contribution in [0.25, 0.3) is 22.4 Å². The van der Waals surface area contributed by atoms with Gasteiger partial charge in [0.25, 0.3) is 11.1 Å². The minimum Gasteiger partial charge on any atom is -0.468 e. The number of H-pyrrole nitrogens is 1. The number of hydrogen-bond acceptors (Lipinski definition) is 7. The molecule has 0 fully saturated rings. The van der Waals surface area contributed by atoms with Crippen LogP contribution in [0.4, 0.5) is 0 Å². The predicted molar refractivity (Wildman–Crippen MR) is 95.8 cm³/mol. The van der Waals surface area contributed by atoms with Crippen molar-refractivity contribution in [2.45, 2.75) is 17.9 Å². The first kappa shape index (κ1) is 16.5. The minimum atomic E-state index is -0.401. The van der Waals surface area contributed by atoms with Crippen LogP contribution in [0.3, 0.4) is 0 Å². The number of thioether (sulfide) groups is 1. The molecule has 0 aliphatic heterocycles. The Bertz CT molecular complexity index is 1050. The van der Waals surface area contributed by atoms with Crippen molar-refractivity contribution < 1.29 is 18.4 Å². The number of fused-ring (bicyclic) bond motifs is 1. The van der Waals surface area contributed by atoms with Gasteiger partial charge in [-0.1, -0.05) is 30.0 Å². The Kier molecular flexibility index (Phi) is 4.49. The normalized spacial score (nSPS) is 11.1. The van der Waals surface area contributed by atoms with Crippen molar-refractivity contribution in [1.82, 2.24) is 15.2 Å². The quantitative estimate of drug-likeness (QED) is 0.400. The lowest BCUT2D eigenvalue weighted by Gasteiger charge is -2.01. The third-order valence-electron chi connectivity index (χ3n) is 3.79. The van der Waals surface area contributed by atoms with Crippen molar-refractivity contribution in [3.8, 4) is 11.5 Å². The largest absolute Gasteiger partial charge is 0.468 e. The first-order valence-corrected chi connectivity index (χ1v) is 9.01. The number of benzene rings is 1. The Hall–Kier alpha value is -3.00. The summed E-state index contributed by atoms with van der Waals surface area (Å²) in [5.74, 6) is 0.939. The van der Waals surface area contributed by atoms with Crippen molar-refractivity contribution in [1.29, 1.82) is 0 Å². The summed E-state index contributed by atoms with van der Waals surface area (Å²) in [5.41, 5.74) is 2.27. The van der Waals surface area contributed by atoms with Gasteiger partial charge in [0, 0.05) is 17.1 Å². The number of ether oxygens (including phenoxy) is 1. The zero-order chi connectivity index (χ0) is 17.9. The standard InChI is InChI=1S/C18H15N3O4S/c1-2-23-17(22)12-7-8-24-15(12)10-26-18-21-20-16(25-18)13-9-19-14-6-4-3-5-11(13)14/h3-9,19H,2,10H2,1H3. The lowest BCUT2D eigenvalue weighted by molar-refractivity contribution is 0.0524. The molecule has 132 valence electrons. The maximum absolute atomic E-state index is 11.9. The van der Waals surface area contributed by atoms with Crippen molar-refractivity contribution in [2.75, 3.05) is 6.61 Å². The van der Waals surface area contributed by atoms with Gasteiger partial charge in [-0.25, -0.2) is 4.79 Å². The Morgan fingerprint density at radius 2 is 2.15 bits per heavy atom. The fraction of sp³-hybridized carbons (Fsp3) is 0.167. The van der Waals surface area contributed by atoms with Crippen LogP contribution in [-0.4, -0.2) is 27.8 Å². The molecule has 1 N–H and O–H groups in total. The highest BCUT2D eigenvalue weighted by Gasteiger charge is 2.18. The van der Waals surface area contributed by atoms with E-state index in [0.717, 1.165) is 16.5 Å². The maximum Gasteiger partial charge on any atom is 0.341 e. The van der Waals surface area contributed by atoms with E-state index in [2.05, 4.69) is 15.2 Å². The monoisotopic (exact) mass is 369 g/mol. The predicted octanol–water partition coefficient (Wildman–Crippen LogP) is 4.28. The van der Waals surface area contributed by atoms with E-state index in [4.69, 9.17) is 13.6 Å². The molecule has 0 unspecified atom stereocenters. The van der Waals surface area contributed by atoms with Crippen LogP contribution in [-0.2, 0) is 10.5 Å². The molecule has 0 saturated heterocycles. The average molecular weight is 369 g/mol. The number of nitrogens with zero attached hydrogens (tertiary/aromatic N) is 2. The zero-order valence-corrected chi connectivity index (χ0v) is 14.7. The molecular formula is C18H15N3O4S. The van der Waals surface area contributed by atoms with E-state index >= 15 is 0 Å². The van der Waals surface area contributed by atoms with Crippen LogP contribution in [0.15, 0.2) is 56.8 Å². The van der Waals surface area contributed by atoms with Gasteiger partial charge < -0.3 is 18.6 Å². The number of aromatic amines is 1. The highest BCUT2D eigenvalue weighted by molar-refractivity contribution is 7.98. The summed E-state index contributed by atoms with van der Waals surface area (Å²) in [7, 11) is 0. The van der Waals surface area contributed by atoms with Gasteiger partial charge in [0.15, 0.2) is 0 Å². The molecule has 3 aromatic heterocycles. The topological polar surface area (TPSA) is 94.1 Å². The fourth-order valence-corrected chi connectivity index (χ4v) is 3.31. The van der Waals surface area contributed by atoms with Crippen LogP contribution in [0.1, 0.15) is 23.0 Å². The van der Waals surface area contributed by atoms with Crippen molar-refractivity contribution >= 4 is 28.6 Å². The second kappa shape index (κ2) is 7.09. The highest BCUT2D eigenvalue weighted by atomic mass is 32.2. The van der Waals surface area contributed by atoms with Crippen molar-refractivity contribution in [3.05, 3.63) is 54.1 Å². The molecule has 0 spiro atoms. The Morgan fingerprint density at radius 3 is 3.04 bits per heavy atom. The van der Waals surface area contributed by atoms with Crippen LogP contribution in [0.2, 0.25) is 0 Å². The van der Waals surface area contributed by atoms with Gasteiger partial charge in [0.05, 0.1) is 24.2 Å². The van der Waals surface area contributed by atoms with Crippen molar-refractivity contribution in [3.63, 3.8) is 0 Å². The molecule has 3 heterocycles. The number of hydrogen-bond donors (Lipinski definition) is 1. The molecule has 1 aromatic carbocycles. The third kappa shape index (κ3) is 3.11. The lowest BCUT2D eigenvalue weighted by Crippen LogP contribution is -2.05. The van der Waals surface area contributed by atoms with E-state index < -0.39 is 5.97 Å². The first-order valence-electron chi connectivity index (χ1n) is 8.02. The smallest absolute Gasteiger partial charge is 0.341 e. The summed E-state index contributed by atoms with van der Waals surface area (Å²) >= 11 is 1.30. The third-order valence-corrected chi connectivity index (χ3v) is 4.61. The van der Waals surface area contributed by atoms with Crippen molar-refractivity contribution in [2.24, 2.45) is 0 Å². The number of aromatic nitrogens is 3. The molecule has 7 nitrogen and oxygen atoms in total. The summed E-state index contributed by atoms with van der Waals surface area (Å²) in [6.07, 6.45) is 3.31. The minimum absolute atomic E-state index is 0.314. The Labute approximate surface area is 152 Å². The van der Waals surface area contributed by atoms with E-state index in [1.54, 1.807) is 13.0 Å². The van der Waals surface area contributed by atoms with E-state index in [1.165, 1.54) is 18.0 Å². The van der Waals surface area contributed by atoms with Gasteiger partial charge in [-0.15, -0.1) is 10.2 Å². The van der Waals surface area contributed by atoms with E-state index in [1.807, 2.05) is 30.5 Å². The molecule has 0 saturated carbocycles. The van der Waals surface area contributed by atoms with E-state index in [-0.39, 0.29) is 0 Å². The zero-order valence-electron chi connectivity index (χ0n) is 13.9. The van der Waals surface area contributed by atoms with Crippen LogP contribution in [0, 0.1) is 0 Å². The van der Waals surface area contributed by atoms with Gasteiger partial charge >= 0.3 is 5.97 Å². The highest BCUT2D eigenvalue weighted by Crippen LogP contribution is 2.31. The van der Waals surface area contributed by atoms with Crippen LogP contribution in [0.5, 0.6) is 0 Å². The first-order chi connectivity index (χ1) is 12.8. The van der Waals surface area contributed by atoms with E-state index in [0.29, 0.717) is 34.8 Å². The molecule has 4 aromatic rings. The molecule has 0 bridgehead atoms. The van der Waals surface area contributed by atoms with Crippen LogP contribution >= 0.6 is 11.8 Å². The molecular weight excluding hydrogens is 354 g/mol. The molecule has 0 aliphatic carbocycles. The lowest BCUT2D eigenvalue weighted by atomic mass is 10.2. The average Bonchev–Trinajstić information content (AvgIpc) is 3.38. The molecule has 0 atom stereocenters. The number of carbonyl (C=O) groups is 1. The Morgan fingerprint density at radius 1 is 1.27 bits per heavy atom. The summed E-state index contributed by atoms with van der Waals surface area (Å²) < 4.78 is 16.1. The summed E-state index contributed by atoms with van der Waals surface area (Å²) in [6.45, 7) is 2.07. The Balaban J connectivity index is 1.50. The number of carbonyl (C=O) groups excluding carboxylic acids is 1. The SMILES string of the molecule is CCOC(=O)c1ccoc1CSc1nnc(-c2c[nH]c3ccccc23)o1. The number of nitrogens with one attached hydrogen (secondary N) is 1. The summed E-state index contributed by atoms with van der Waals surface area (Å²) in [5, 5.41) is 9.60.